The summed E-state index contributed by atoms with van der Waals surface area (Å²) in [6.45, 7) is 0. The molecule has 0 aliphatic heterocycles. The van der Waals surface area contributed by atoms with Crippen molar-refractivity contribution in [3.63, 3.8) is 0 Å². The number of aromatic carboxylic acids is 1. The lowest BCUT2D eigenvalue weighted by Crippen LogP contribution is -2.09. The molecule has 2 aromatic rings. The van der Waals surface area contributed by atoms with Crippen molar-refractivity contribution < 1.29 is 19.2 Å². The van der Waals surface area contributed by atoms with Gasteiger partial charge in [-0.05, 0) is 30.3 Å². The molecule has 0 saturated carbocycles. The van der Waals surface area contributed by atoms with E-state index in [0.29, 0.717) is 5.69 Å². The maximum absolute atomic E-state index is 13.9. The minimum absolute atomic E-state index is 0.0456. The first-order chi connectivity index (χ1) is 10.8. The number of benzene rings is 2. The number of rotatable bonds is 5. The van der Waals surface area contributed by atoms with Crippen molar-refractivity contribution in [3.8, 4) is 0 Å². The SMILES string of the molecule is CN(C)c1ccc(Nc2ccc(C(=O)O)cc2F)c([N+](=O)[O-])c1. The third kappa shape index (κ3) is 3.54. The van der Waals surface area contributed by atoms with Crippen LogP contribution in [-0.2, 0) is 0 Å². The van der Waals surface area contributed by atoms with E-state index in [9.17, 15) is 19.3 Å². The highest BCUT2D eigenvalue weighted by Crippen LogP contribution is 2.32. The number of hydrogen-bond donors (Lipinski definition) is 2. The molecule has 2 N–H and O–H groups in total. The maximum atomic E-state index is 13.9. The zero-order valence-corrected chi connectivity index (χ0v) is 12.4. The Kier molecular flexibility index (Phi) is 4.44. The molecule has 0 spiro atoms. The number of halogens is 1. The number of carboxylic acid groups (broad SMARTS) is 1. The molecule has 7 nitrogen and oxygen atoms in total. The molecule has 0 fully saturated rings. The monoisotopic (exact) mass is 319 g/mol. The molecule has 2 rings (SSSR count). The van der Waals surface area contributed by atoms with Gasteiger partial charge in [-0.25, -0.2) is 9.18 Å². The lowest BCUT2D eigenvalue weighted by molar-refractivity contribution is -0.383. The predicted molar refractivity (Wildman–Crippen MR) is 84.1 cm³/mol. The van der Waals surface area contributed by atoms with Gasteiger partial charge in [0.2, 0.25) is 0 Å². The lowest BCUT2D eigenvalue weighted by atomic mass is 10.1. The van der Waals surface area contributed by atoms with Gasteiger partial charge in [-0.1, -0.05) is 0 Å². The normalized spacial score (nSPS) is 10.2. The number of hydrogen-bond acceptors (Lipinski definition) is 5. The van der Waals surface area contributed by atoms with Crippen LogP contribution in [0.2, 0.25) is 0 Å². The molecule has 0 aliphatic rings. The van der Waals surface area contributed by atoms with Gasteiger partial charge in [0.1, 0.15) is 11.5 Å². The summed E-state index contributed by atoms with van der Waals surface area (Å²) in [6.07, 6.45) is 0. The van der Waals surface area contributed by atoms with Gasteiger partial charge >= 0.3 is 5.97 Å². The minimum atomic E-state index is -1.25. The van der Waals surface area contributed by atoms with E-state index in [1.54, 1.807) is 25.1 Å². The quantitative estimate of drug-likeness (QED) is 0.649. The van der Waals surface area contributed by atoms with Crippen LogP contribution in [0.25, 0.3) is 0 Å². The highest BCUT2D eigenvalue weighted by atomic mass is 19.1. The molecule has 0 heterocycles. The highest BCUT2D eigenvalue weighted by Gasteiger charge is 2.17. The summed E-state index contributed by atoms with van der Waals surface area (Å²) in [7, 11) is 3.49. The fraction of sp³-hybridized carbons (Fsp3) is 0.133. The van der Waals surface area contributed by atoms with E-state index in [-0.39, 0.29) is 22.6 Å². The van der Waals surface area contributed by atoms with Crippen molar-refractivity contribution in [2.24, 2.45) is 0 Å². The Labute approximate surface area is 131 Å². The number of anilines is 3. The van der Waals surface area contributed by atoms with Gasteiger partial charge in [-0.3, -0.25) is 10.1 Å². The Balaban J connectivity index is 2.40. The first-order valence-electron chi connectivity index (χ1n) is 6.55. The van der Waals surface area contributed by atoms with Crippen molar-refractivity contribution in [2.45, 2.75) is 0 Å². The smallest absolute Gasteiger partial charge is 0.335 e. The van der Waals surface area contributed by atoms with Crippen LogP contribution in [0.5, 0.6) is 0 Å². The average Bonchev–Trinajstić information content (AvgIpc) is 2.48. The minimum Gasteiger partial charge on any atom is -0.478 e. The molecule has 0 radical (unpaired) electrons. The lowest BCUT2D eigenvalue weighted by Gasteiger charge is -2.14. The van der Waals surface area contributed by atoms with Crippen LogP contribution in [0, 0.1) is 15.9 Å². The number of carboxylic acids is 1. The summed E-state index contributed by atoms with van der Waals surface area (Å²) in [5, 5.41) is 22.6. The number of nitro benzene ring substituents is 1. The summed E-state index contributed by atoms with van der Waals surface area (Å²) in [6, 6.07) is 7.78. The van der Waals surface area contributed by atoms with Crippen molar-refractivity contribution >= 4 is 28.7 Å². The molecule has 23 heavy (non-hydrogen) atoms. The van der Waals surface area contributed by atoms with E-state index >= 15 is 0 Å². The van der Waals surface area contributed by atoms with Crippen LogP contribution in [0.1, 0.15) is 10.4 Å². The van der Waals surface area contributed by atoms with Gasteiger partial charge in [0.15, 0.2) is 0 Å². The Hall–Kier alpha value is -3.16. The number of nitrogens with zero attached hydrogens (tertiary/aromatic N) is 2. The van der Waals surface area contributed by atoms with Crippen molar-refractivity contribution in [3.05, 3.63) is 57.9 Å². The standard InChI is InChI=1S/C15H14FN3O4/c1-18(2)10-4-6-13(14(8-10)19(22)23)17-12-5-3-9(15(20)21)7-11(12)16/h3-8,17H,1-2H3,(H,20,21). The van der Waals surface area contributed by atoms with E-state index < -0.39 is 16.7 Å². The van der Waals surface area contributed by atoms with Crippen molar-refractivity contribution in [1.82, 2.24) is 0 Å². The molecule has 0 unspecified atom stereocenters. The summed E-state index contributed by atoms with van der Waals surface area (Å²) in [5.41, 5.74) is 0.283. The molecule has 0 atom stereocenters. The fourth-order valence-corrected chi connectivity index (χ4v) is 1.95. The fourth-order valence-electron chi connectivity index (χ4n) is 1.95. The first-order valence-corrected chi connectivity index (χ1v) is 6.55. The summed E-state index contributed by atoms with van der Waals surface area (Å²) in [4.78, 5) is 23.1. The van der Waals surface area contributed by atoms with Gasteiger partial charge in [0, 0.05) is 25.8 Å². The maximum Gasteiger partial charge on any atom is 0.335 e. The number of nitro groups is 1. The Morgan fingerprint density at radius 3 is 2.39 bits per heavy atom. The zero-order valence-electron chi connectivity index (χ0n) is 12.4. The van der Waals surface area contributed by atoms with Crippen molar-refractivity contribution in [2.75, 3.05) is 24.3 Å². The van der Waals surface area contributed by atoms with Crippen LogP contribution in [0.4, 0.5) is 27.1 Å². The molecule has 0 aliphatic carbocycles. The molecule has 2 aromatic carbocycles. The zero-order chi connectivity index (χ0) is 17.1. The van der Waals surface area contributed by atoms with Gasteiger partial charge in [0.05, 0.1) is 16.2 Å². The first kappa shape index (κ1) is 16.2. The summed E-state index contributed by atoms with van der Waals surface area (Å²) in [5.74, 6) is -2.06. The third-order valence-electron chi connectivity index (χ3n) is 3.18. The van der Waals surface area contributed by atoms with E-state index in [0.717, 1.165) is 6.07 Å². The van der Waals surface area contributed by atoms with Gasteiger partial charge in [-0.2, -0.15) is 0 Å². The molecule has 0 aromatic heterocycles. The molecular weight excluding hydrogens is 305 g/mol. The molecule has 0 bridgehead atoms. The average molecular weight is 319 g/mol. The predicted octanol–water partition coefficient (Wildman–Crippen LogP) is 3.24. The molecular formula is C15H14FN3O4. The second kappa shape index (κ2) is 6.30. The highest BCUT2D eigenvalue weighted by molar-refractivity contribution is 5.88. The van der Waals surface area contributed by atoms with Crippen molar-refractivity contribution in [1.29, 1.82) is 0 Å². The van der Waals surface area contributed by atoms with Crippen LogP contribution < -0.4 is 10.2 Å². The van der Waals surface area contributed by atoms with Crippen LogP contribution >= 0.6 is 0 Å². The molecule has 8 heteroatoms. The largest absolute Gasteiger partial charge is 0.478 e. The Morgan fingerprint density at radius 1 is 1.22 bits per heavy atom. The number of carbonyl (C=O) groups is 1. The second-order valence-electron chi connectivity index (χ2n) is 4.98. The van der Waals surface area contributed by atoms with E-state index in [1.807, 2.05) is 0 Å². The van der Waals surface area contributed by atoms with Crippen LogP contribution in [0.15, 0.2) is 36.4 Å². The third-order valence-corrected chi connectivity index (χ3v) is 3.18. The van der Waals surface area contributed by atoms with Gasteiger partial charge < -0.3 is 15.3 Å². The summed E-state index contributed by atoms with van der Waals surface area (Å²) >= 11 is 0. The molecule has 120 valence electrons. The molecule has 0 amide bonds. The number of nitrogens with one attached hydrogen (secondary N) is 1. The van der Waals surface area contributed by atoms with E-state index in [4.69, 9.17) is 5.11 Å². The van der Waals surface area contributed by atoms with E-state index in [1.165, 1.54) is 24.3 Å². The van der Waals surface area contributed by atoms with E-state index in [2.05, 4.69) is 5.32 Å². The Morgan fingerprint density at radius 2 is 1.87 bits per heavy atom. The van der Waals surface area contributed by atoms with Gasteiger partial charge in [-0.15, -0.1) is 0 Å². The Bertz CT molecular complexity index is 777. The second-order valence-corrected chi connectivity index (χ2v) is 4.98. The van der Waals surface area contributed by atoms with Crippen LogP contribution in [-0.4, -0.2) is 30.1 Å². The molecule has 0 saturated heterocycles. The van der Waals surface area contributed by atoms with Crippen LogP contribution in [0.3, 0.4) is 0 Å². The van der Waals surface area contributed by atoms with Gasteiger partial charge in [0.25, 0.3) is 5.69 Å². The summed E-state index contributed by atoms with van der Waals surface area (Å²) < 4.78 is 13.9. The topological polar surface area (TPSA) is 95.7 Å².